The predicted molar refractivity (Wildman–Crippen MR) is 90.4 cm³/mol. The van der Waals surface area contributed by atoms with E-state index in [2.05, 4.69) is 55.6 Å². The predicted octanol–water partition coefficient (Wildman–Crippen LogP) is 4.13. The second kappa shape index (κ2) is 6.61. The van der Waals surface area contributed by atoms with E-state index in [1.54, 1.807) is 0 Å². The first kappa shape index (κ1) is 16.0. The Labute approximate surface area is 132 Å². The smallest absolute Gasteiger partial charge is 0.0453 e. The fourth-order valence-corrected chi connectivity index (χ4v) is 2.57. The first-order chi connectivity index (χ1) is 9.92. The van der Waals surface area contributed by atoms with Crippen molar-refractivity contribution in [3.63, 3.8) is 0 Å². The summed E-state index contributed by atoms with van der Waals surface area (Å²) in [4.78, 5) is 0. The van der Waals surface area contributed by atoms with E-state index in [4.69, 9.17) is 17.3 Å². The van der Waals surface area contributed by atoms with Crippen LogP contribution < -0.4 is 11.1 Å². The summed E-state index contributed by atoms with van der Waals surface area (Å²) < 4.78 is 0. The molecule has 0 saturated carbocycles. The van der Waals surface area contributed by atoms with E-state index >= 15 is 0 Å². The lowest BCUT2D eigenvalue weighted by atomic mass is 9.93. The SMILES string of the molecule is Cc1ccc(CNC(C)(C)c2ccc(CN)cc2)c(Cl)c1. The largest absolute Gasteiger partial charge is 0.326 e. The average molecular weight is 303 g/mol. The van der Waals surface area contributed by atoms with Gasteiger partial charge in [0.05, 0.1) is 0 Å². The average Bonchev–Trinajstić information content (AvgIpc) is 2.46. The van der Waals surface area contributed by atoms with E-state index in [9.17, 15) is 0 Å². The zero-order valence-corrected chi connectivity index (χ0v) is 13.7. The number of hydrogen-bond acceptors (Lipinski definition) is 2. The molecule has 3 N–H and O–H groups in total. The first-order valence-electron chi connectivity index (χ1n) is 7.22. The van der Waals surface area contributed by atoms with Crippen molar-refractivity contribution in [3.8, 4) is 0 Å². The number of nitrogens with two attached hydrogens (primary N) is 1. The molecular formula is C18H23ClN2. The van der Waals surface area contributed by atoms with Gasteiger partial charge in [0.2, 0.25) is 0 Å². The summed E-state index contributed by atoms with van der Waals surface area (Å²) >= 11 is 6.29. The molecule has 0 atom stereocenters. The van der Waals surface area contributed by atoms with Crippen LogP contribution in [0.25, 0.3) is 0 Å². The van der Waals surface area contributed by atoms with Crippen molar-refractivity contribution >= 4 is 11.6 Å². The van der Waals surface area contributed by atoms with Gasteiger partial charge in [-0.05, 0) is 49.1 Å². The third-order valence-electron chi connectivity index (χ3n) is 3.84. The van der Waals surface area contributed by atoms with Crippen molar-refractivity contribution < 1.29 is 0 Å². The molecule has 0 saturated heterocycles. The van der Waals surface area contributed by atoms with Gasteiger partial charge in [-0.3, -0.25) is 0 Å². The molecule has 0 aliphatic carbocycles. The summed E-state index contributed by atoms with van der Waals surface area (Å²) in [5, 5.41) is 4.39. The monoisotopic (exact) mass is 302 g/mol. The zero-order valence-electron chi connectivity index (χ0n) is 12.9. The summed E-state index contributed by atoms with van der Waals surface area (Å²) in [6.07, 6.45) is 0. The molecule has 0 unspecified atom stereocenters. The number of aryl methyl sites for hydroxylation is 1. The number of rotatable bonds is 5. The Morgan fingerprint density at radius 2 is 1.76 bits per heavy atom. The van der Waals surface area contributed by atoms with Gasteiger partial charge in [-0.2, -0.15) is 0 Å². The van der Waals surface area contributed by atoms with Crippen molar-refractivity contribution in [2.24, 2.45) is 5.73 Å². The molecule has 2 nitrogen and oxygen atoms in total. The Morgan fingerprint density at radius 3 is 2.33 bits per heavy atom. The van der Waals surface area contributed by atoms with E-state index in [1.807, 2.05) is 13.0 Å². The maximum absolute atomic E-state index is 6.29. The quantitative estimate of drug-likeness (QED) is 0.871. The molecule has 2 aromatic carbocycles. The first-order valence-corrected chi connectivity index (χ1v) is 7.60. The van der Waals surface area contributed by atoms with E-state index in [0.717, 1.165) is 22.7 Å². The highest BCUT2D eigenvalue weighted by Crippen LogP contribution is 2.23. The van der Waals surface area contributed by atoms with Crippen molar-refractivity contribution in [2.45, 2.75) is 39.4 Å². The van der Waals surface area contributed by atoms with Crippen molar-refractivity contribution in [3.05, 3.63) is 69.7 Å². The Kier molecular flexibility index (Phi) is 5.04. The van der Waals surface area contributed by atoms with Gasteiger partial charge in [-0.1, -0.05) is 48.0 Å². The lowest BCUT2D eigenvalue weighted by molar-refractivity contribution is 0.401. The number of halogens is 1. The van der Waals surface area contributed by atoms with Crippen LogP contribution in [0.1, 0.15) is 36.1 Å². The number of nitrogens with one attached hydrogen (secondary N) is 1. The van der Waals surface area contributed by atoms with Crippen LogP contribution in [0, 0.1) is 6.92 Å². The third kappa shape index (κ3) is 4.07. The Bertz CT molecular complexity index is 603. The molecule has 0 bridgehead atoms. The topological polar surface area (TPSA) is 38.0 Å². The number of hydrogen-bond donors (Lipinski definition) is 2. The van der Waals surface area contributed by atoms with Gasteiger partial charge in [0.15, 0.2) is 0 Å². The molecule has 21 heavy (non-hydrogen) atoms. The van der Waals surface area contributed by atoms with Crippen molar-refractivity contribution in [1.82, 2.24) is 5.32 Å². The second-order valence-electron chi connectivity index (χ2n) is 5.97. The van der Waals surface area contributed by atoms with Crippen LogP contribution in [-0.4, -0.2) is 0 Å². The molecule has 0 aliphatic heterocycles. The molecule has 0 aromatic heterocycles. The molecule has 2 rings (SSSR count). The van der Waals surface area contributed by atoms with Crippen LogP contribution in [-0.2, 0) is 18.6 Å². The van der Waals surface area contributed by atoms with Gasteiger partial charge in [0.25, 0.3) is 0 Å². The molecule has 0 radical (unpaired) electrons. The number of benzene rings is 2. The molecule has 0 fully saturated rings. The summed E-state index contributed by atoms with van der Waals surface area (Å²) in [5.41, 5.74) is 10.2. The van der Waals surface area contributed by atoms with Gasteiger partial charge in [-0.15, -0.1) is 0 Å². The third-order valence-corrected chi connectivity index (χ3v) is 4.19. The summed E-state index contributed by atoms with van der Waals surface area (Å²) in [6, 6.07) is 14.6. The van der Waals surface area contributed by atoms with Crippen LogP contribution in [0.3, 0.4) is 0 Å². The minimum absolute atomic E-state index is 0.124. The molecule has 2 aromatic rings. The van der Waals surface area contributed by atoms with Crippen LogP contribution >= 0.6 is 11.6 Å². The normalized spacial score (nSPS) is 11.7. The Hall–Kier alpha value is -1.35. The van der Waals surface area contributed by atoms with Gasteiger partial charge in [-0.25, -0.2) is 0 Å². The lowest BCUT2D eigenvalue weighted by Crippen LogP contribution is -2.36. The molecular weight excluding hydrogens is 280 g/mol. The van der Waals surface area contributed by atoms with Crippen LogP contribution in [0.4, 0.5) is 0 Å². The molecule has 3 heteroatoms. The minimum atomic E-state index is -0.124. The van der Waals surface area contributed by atoms with E-state index < -0.39 is 0 Å². The van der Waals surface area contributed by atoms with Crippen LogP contribution in [0.15, 0.2) is 42.5 Å². The minimum Gasteiger partial charge on any atom is -0.326 e. The molecule has 0 amide bonds. The molecule has 0 heterocycles. The summed E-state index contributed by atoms with van der Waals surface area (Å²) in [7, 11) is 0. The van der Waals surface area contributed by atoms with Gasteiger partial charge >= 0.3 is 0 Å². The molecule has 112 valence electrons. The van der Waals surface area contributed by atoms with E-state index in [0.29, 0.717) is 6.54 Å². The standard InChI is InChI=1S/C18H23ClN2/c1-13-4-7-15(17(19)10-13)12-21-18(2,3)16-8-5-14(11-20)6-9-16/h4-10,21H,11-12,20H2,1-3H3. The summed E-state index contributed by atoms with van der Waals surface area (Å²) in [5.74, 6) is 0. The van der Waals surface area contributed by atoms with E-state index in [1.165, 1.54) is 11.1 Å². The molecule has 0 aliphatic rings. The maximum atomic E-state index is 6.29. The van der Waals surface area contributed by atoms with Gasteiger partial charge < -0.3 is 11.1 Å². The maximum Gasteiger partial charge on any atom is 0.0453 e. The van der Waals surface area contributed by atoms with E-state index in [-0.39, 0.29) is 5.54 Å². The fourth-order valence-electron chi connectivity index (χ4n) is 2.27. The molecule has 0 spiro atoms. The summed E-state index contributed by atoms with van der Waals surface area (Å²) in [6.45, 7) is 7.71. The second-order valence-corrected chi connectivity index (χ2v) is 6.38. The van der Waals surface area contributed by atoms with Gasteiger partial charge in [0, 0.05) is 23.7 Å². The lowest BCUT2D eigenvalue weighted by Gasteiger charge is -2.27. The van der Waals surface area contributed by atoms with Crippen LogP contribution in [0.2, 0.25) is 5.02 Å². The highest BCUT2D eigenvalue weighted by molar-refractivity contribution is 6.31. The fraction of sp³-hybridized carbons (Fsp3) is 0.333. The van der Waals surface area contributed by atoms with Gasteiger partial charge in [0.1, 0.15) is 0 Å². The Balaban J connectivity index is 2.09. The highest BCUT2D eigenvalue weighted by Gasteiger charge is 2.19. The van der Waals surface area contributed by atoms with Crippen molar-refractivity contribution in [2.75, 3.05) is 0 Å². The van der Waals surface area contributed by atoms with Crippen molar-refractivity contribution in [1.29, 1.82) is 0 Å². The van der Waals surface area contributed by atoms with Crippen LogP contribution in [0.5, 0.6) is 0 Å². The Morgan fingerprint density at radius 1 is 1.10 bits per heavy atom. The zero-order chi connectivity index (χ0) is 15.5. The highest BCUT2D eigenvalue weighted by atomic mass is 35.5.